The van der Waals surface area contributed by atoms with E-state index in [0.29, 0.717) is 0 Å². The van der Waals surface area contributed by atoms with Crippen LogP contribution in [-0.4, -0.2) is 40.6 Å². The van der Waals surface area contributed by atoms with Gasteiger partial charge in [-0.3, -0.25) is 29.4 Å². The summed E-state index contributed by atoms with van der Waals surface area (Å²) in [4.78, 5) is 45.6. The zero-order chi connectivity index (χ0) is 15.7. The van der Waals surface area contributed by atoms with Gasteiger partial charge in [0.15, 0.2) is 0 Å². The van der Waals surface area contributed by atoms with Gasteiger partial charge >= 0.3 is 0 Å². The number of nitrogens with one attached hydrogen (secondary N) is 1. The molecule has 0 aliphatic carbocycles. The molecule has 1 atom stereocenters. The minimum Gasteiger partial charge on any atom is -0.368 e. The Morgan fingerprint density at radius 2 is 2.14 bits per heavy atom. The Hall–Kier alpha value is -2.97. The molecular formula is C12H12N4O5. The SMILES string of the molecule is CN1C(=O)CC(Nc2cc(C(N)=O)ccc2[N+](=O)[O-])C1=O. The molecular weight excluding hydrogens is 280 g/mol. The van der Waals surface area contributed by atoms with Crippen LogP contribution in [0.4, 0.5) is 11.4 Å². The Kier molecular flexibility index (Phi) is 3.57. The monoisotopic (exact) mass is 292 g/mol. The van der Waals surface area contributed by atoms with Crippen molar-refractivity contribution in [2.45, 2.75) is 12.5 Å². The van der Waals surface area contributed by atoms with Crippen LogP contribution in [-0.2, 0) is 9.59 Å². The Labute approximate surface area is 118 Å². The van der Waals surface area contributed by atoms with Gasteiger partial charge in [0.25, 0.3) is 11.6 Å². The molecule has 0 aromatic heterocycles. The lowest BCUT2D eigenvalue weighted by Gasteiger charge is -2.13. The smallest absolute Gasteiger partial charge is 0.292 e. The first kappa shape index (κ1) is 14.4. The van der Waals surface area contributed by atoms with Crippen LogP contribution in [0.25, 0.3) is 0 Å². The van der Waals surface area contributed by atoms with E-state index in [9.17, 15) is 24.5 Å². The van der Waals surface area contributed by atoms with Gasteiger partial charge in [0.05, 0.1) is 11.3 Å². The average molecular weight is 292 g/mol. The van der Waals surface area contributed by atoms with E-state index >= 15 is 0 Å². The number of hydrogen-bond acceptors (Lipinski definition) is 6. The van der Waals surface area contributed by atoms with Gasteiger partial charge in [-0.2, -0.15) is 0 Å². The highest BCUT2D eigenvalue weighted by molar-refractivity contribution is 6.06. The number of carbonyl (C=O) groups is 3. The number of carbonyl (C=O) groups excluding carboxylic acids is 3. The molecule has 1 fully saturated rings. The van der Waals surface area contributed by atoms with Gasteiger partial charge in [0, 0.05) is 18.7 Å². The minimum atomic E-state index is -0.899. The normalized spacial score (nSPS) is 18.0. The highest BCUT2D eigenvalue weighted by Crippen LogP contribution is 2.28. The highest BCUT2D eigenvalue weighted by Gasteiger charge is 2.37. The average Bonchev–Trinajstić information content (AvgIpc) is 2.66. The van der Waals surface area contributed by atoms with Crippen molar-refractivity contribution in [1.82, 2.24) is 4.90 Å². The van der Waals surface area contributed by atoms with Crippen LogP contribution < -0.4 is 11.1 Å². The number of benzene rings is 1. The van der Waals surface area contributed by atoms with Crippen LogP contribution in [0.5, 0.6) is 0 Å². The van der Waals surface area contributed by atoms with Gasteiger partial charge in [-0.15, -0.1) is 0 Å². The number of nitrogens with zero attached hydrogens (tertiary/aromatic N) is 2. The molecule has 1 aliphatic rings. The molecule has 1 heterocycles. The number of imide groups is 1. The molecule has 0 radical (unpaired) electrons. The summed E-state index contributed by atoms with van der Waals surface area (Å²) in [5.41, 5.74) is 4.85. The maximum absolute atomic E-state index is 11.8. The third-order valence-corrected chi connectivity index (χ3v) is 3.19. The molecule has 0 spiro atoms. The summed E-state index contributed by atoms with van der Waals surface area (Å²) >= 11 is 0. The van der Waals surface area contributed by atoms with Gasteiger partial charge in [0.1, 0.15) is 11.7 Å². The quantitative estimate of drug-likeness (QED) is 0.450. The van der Waals surface area contributed by atoms with Crippen LogP contribution in [0, 0.1) is 10.1 Å². The van der Waals surface area contributed by atoms with E-state index in [1.54, 1.807) is 0 Å². The number of nitro groups is 1. The van der Waals surface area contributed by atoms with Crippen molar-refractivity contribution in [3.05, 3.63) is 33.9 Å². The number of likely N-dealkylation sites (tertiary alicyclic amines) is 1. The second kappa shape index (κ2) is 5.19. The molecule has 1 saturated heterocycles. The number of anilines is 1. The fourth-order valence-corrected chi connectivity index (χ4v) is 2.02. The summed E-state index contributed by atoms with van der Waals surface area (Å²) in [6.45, 7) is 0. The van der Waals surface area contributed by atoms with E-state index in [1.807, 2.05) is 0 Å². The molecule has 1 aromatic carbocycles. The molecule has 21 heavy (non-hydrogen) atoms. The van der Waals surface area contributed by atoms with Crippen molar-refractivity contribution in [1.29, 1.82) is 0 Å². The molecule has 2 rings (SSSR count). The van der Waals surface area contributed by atoms with E-state index < -0.39 is 22.8 Å². The molecule has 1 unspecified atom stereocenters. The van der Waals surface area contributed by atoms with Crippen molar-refractivity contribution in [3.8, 4) is 0 Å². The molecule has 3 amide bonds. The zero-order valence-corrected chi connectivity index (χ0v) is 11.0. The van der Waals surface area contributed by atoms with Gasteiger partial charge in [0.2, 0.25) is 11.8 Å². The Balaban J connectivity index is 2.36. The Morgan fingerprint density at radius 3 is 2.62 bits per heavy atom. The van der Waals surface area contributed by atoms with Crippen molar-refractivity contribution in [2.24, 2.45) is 5.73 Å². The maximum atomic E-state index is 11.8. The van der Waals surface area contributed by atoms with Crippen molar-refractivity contribution >= 4 is 29.1 Å². The first-order chi connectivity index (χ1) is 9.81. The van der Waals surface area contributed by atoms with Crippen molar-refractivity contribution < 1.29 is 19.3 Å². The molecule has 110 valence electrons. The van der Waals surface area contributed by atoms with E-state index in [1.165, 1.54) is 19.2 Å². The maximum Gasteiger partial charge on any atom is 0.292 e. The predicted octanol–water partition coefficient (Wildman–Crippen LogP) is -0.137. The lowest BCUT2D eigenvalue weighted by Crippen LogP contribution is -2.32. The third kappa shape index (κ3) is 2.66. The second-order valence-electron chi connectivity index (χ2n) is 4.55. The molecule has 1 aliphatic heterocycles. The van der Waals surface area contributed by atoms with Crippen molar-refractivity contribution in [3.63, 3.8) is 0 Å². The Bertz CT molecular complexity index is 657. The summed E-state index contributed by atoms with van der Waals surface area (Å²) in [6.07, 6.45) is -0.104. The number of hydrogen-bond donors (Lipinski definition) is 2. The number of primary amides is 1. The summed E-state index contributed by atoms with van der Waals surface area (Å²) in [5, 5.41) is 13.6. The number of rotatable bonds is 4. The van der Waals surface area contributed by atoms with E-state index in [2.05, 4.69) is 5.32 Å². The standard InChI is InChI=1S/C12H12N4O5/c1-15-10(17)5-8(12(15)19)14-7-4-6(11(13)18)2-3-9(7)16(20)21/h2-4,8,14H,5H2,1H3,(H2,13,18). The largest absolute Gasteiger partial charge is 0.368 e. The Morgan fingerprint density at radius 1 is 1.48 bits per heavy atom. The third-order valence-electron chi connectivity index (χ3n) is 3.19. The summed E-state index contributed by atoms with van der Waals surface area (Å²) in [6, 6.07) is 2.63. The summed E-state index contributed by atoms with van der Waals surface area (Å²) in [7, 11) is 1.33. The lowest BCUT2D eigenvalue weighted by molar-refractivity contribution is -0.384. The first-order valence-electron chi connectivity index (χ1n) is 5.96. The predicted molar refractivity (Wildman–Crippen MR) is 71.4 cm³/mol. The zero-order valence-electron chi connectivity index (χ0n) is 11.0. The van der Waals surface area contributed by atoms with Gasteiger partial charge in [-0.1, -0.05) is 0 Å². The number of amides is 3. The van der Waals surface area contributed by atoms with Crippen LogP contribution in [0.15, 0.2) is 18.2 Å². The van der Waals surface area contributed by atoms with Crippen LogP contribution in [0.2, 0.25) is 0 Å². The van der Waals surface area contributed by atoms with Crippen LogP contribution >= 0.6 is 0 Å². The molecule has 9 nitrogen and oxygen atoms in total. The number of nitrogens with two attached hydrogens (primary N) is 1. The molecule has 9 heteroatoms. The minimum absolute atomic E-state index is 0.0299. The molecule has 3 N–H and O–H groups in total. The van der Waals surface area contributed by atoms with Gasteiger partial charge in [-0.05, 0) is 12.1 Å². The number of nitro benzene ring substituents is 1. The van der Waals surface area contributed by atoms with Gasteiger partial charge < -0.3 is 11.1 Å². The second-order valence-corrected chi connectivity index (χ2v) is 4.55. The molecule has 0 bridgehead atoms. The van der Waals surface area contributed by atoms with E-state index in [0.717, 1.165) is 11.0 Å². The lowest BCUT2D eigenvalue weighted by atomic mass is 10.1. The van der Waals surface area contributed by atoms with Crippen molar-refractivity contribution in [2.75, 3.05) is 12.4 Å². The van der Waals surface area contributed by atoms with Crippen LogP contribution in [0.3, 0.4) is 0 Å². The highest BCUT2D eigenvalue weighted by atomic mass is 16.6. The van der Waals surface area contributed by atoms with E-state index in [4.69, 9.17) is 5.73 Å². The fourth-order valence-electron chi connectivity index (χ4n) is 2.02. The van der Waals surface area contributed by atoms with Crippen LogP contribution in [0.1, 0.15) is 16.8 Å². The first-order valence-corrected chi connectivity index (χ1v) is 5.96. The summed E-state index contributed by atoms with van der Waals surface area (Å²) < 4.78 is 0. The molecule has 0 saturated carbocycles. The van der Waals surface area contributed by atoms with Gasteiger partial charge in [-0.25, -0.2) is 0 Å². The topological polar surface area (TPSA) is 136 Å². The number of likely N-dealkylation sites (N-methyl/N-ethyl adjacent to an activating group) is 1. The molecule has 1 aromatic rings. The summed E-state index contributed by atoms with van der Waals surface area (Å²) in [5.74, 6) is -1.62. The van der Waals surface area contributed by atoms with E-state index in [-0.39, 0.29) is 29.3 Å². The fraction of sp³-hybridized carbons (Fsp3) is 0.250.